The van der Waals surface area contributed by atoms with Gasteiger partial charge in [-0.1, -0.05) is 138 Å². The van der Waals surface area contributed by atoms with E-state index in [4.69, 9.17) is 23.1 Å². The number of hydrogen-bond donors (Lipinski definition) is 1. The van der Waals surface area contributed by atoms with Gasteiger partial charge in [0, 0.05) is 24.5 Å². The molecule has 3 aliphatic rings. The number of hydrogen-bond acceptors (Lipinski definition) is 7. The molecule has 2 saturated heterocycles. The fraction of sp³-hybridized carbons (Fsp3) is 0.898. The van der Waals surface area contributed by atoms with Crippen molar-refractivity contribution >= 4 is 22.6 Å². The second-order valence-electron chi connectivity index (χ2n) is 21.2. The zero-order valence-electron chi connectivity index (χ0n) is 39.6. The normalized spacial score (nSPS) is 24.7. The summed E-state index contributed by atoms with van der Waals surface area (Å²) in [5.74, 6) is 6.19. The van der Waals surface area contributed by atoms with Crippen LogP contribution in [0.2, 0.25) is 36.3 Å². The molecule has 0 aromatic heterocycles. The molecule has 0 radical (unpaired) electrons. The summed E-state index contributed by atoms with van der Waals surface area (Å²) < 4.78 is 32.5. The molecule has 1 N–H and O–H groups in total. The van der Waals surface area contributed by atoms with Crippen molar-refractivity contribution < 1.29 is 33.0 Å². The third-order valence-corrected chi connectivity index (χ3v) is 23.0. The number of cyclic esters (lactones) is 1. The lowest BCUT2D eigenvalue weighted by atomic mass is 10.0. The summed E-state index contributed by atoms with van der Waals surface area (Å²) in [5.41, 5.74) is 0.777. The molecule has 9 heteroatoms. The lowest BCUT2D eigenvalue weighted by Gasteiger charge is -2.41. The molecule has 8 atom stereocenters. The number of unbranched alkanes of at least 4 members (excludes halogenated alkanes) is 13. The Morgan fingerprint density at radius 2 is 1.22 bits per heavy atom. The molecule has 0 bridgehead atoms. The van der Waals surface area contributed by atoms with Crippen LogP contribution in [0.1, 0.15) is 197 Å². The minimum atomic E-state index is -1.95. The van der Waals surface area contributed by atoms with Gasteiger partial charge in [0.15, 0.2) is 16.6 Å². The van der Waals surface area contributed by atoms with Crippen LogP contribution < -0.4 is 0 Å². The third kappa shape index (κ3) is 17.4. The van der Waals surface area contributed by atoms with Crippen LogP contribution in [-0.4, -0.2) is 76.5 Å². The van der Waals surface area contributed by atoms with Crippen LogP contribution in [0.25, 0.3) is 0 Å². The number of ether oxygens (including phenoxy) is 3. The first-order valence-corrected chi connectivity index (χ1v) is 29.8. The topological polar surface area (TPSA) is 83.5 Å². The predicted molar refractivity (Wildman–Crippen MR) is 246 cm³/mol. The molecular weight excluding hydrogens is 757 g/mol. The van der Waals surface area contributed by atoms with E-state index in [-0.39, 0.29) is 58.8 Å². The molecule has 336 valence electrons. The SMILES string of the molecule is CCCCCCCCCC[C@H](O[Si](C)(C)C(C)(C)C)[C@H]1CC[C@@H]([C@@H]2CC[C@H]([C@@H](O)C#CCCCCCCCC[C@H](CC3=C[C@H](C)OC3=O)O[Si](C)(C)C(C)(C)C)O2)O1. The van der Waals surface area contributed by atoms with Crippen LogP contribution in [0.4, 0.5) is 0 Å². The minimum absolute atomic E-state index is 0.0250. The quantitative estimate of drug-likeness (QED) is 0.0402. The zero-order valence-corrected chi connectivity index (χ0v) is 41.6. The maximum Gasteiger partial charge on any atom is 0.334 e. The molecule has 3 rings (SSSR count). The Morgan fingerprint density at radius 1 is 0.724 bits per heavy atom. The number of aliphatic hydroxyl groups is 1. The number of carbonyl (C=O) groups is 1. The van der Waals surface area contributed by atoms with E-state index in [9.17, 15) is 9.90 Å². The van der Waals surface area contributed by atoms with Gasteiger partial charge in [-0.05, 0) is 94.2 Å². The molecule has 0 aromatic rings. The van der Waals surface area contributed by atoms with Crippen LogP contribution in [0, 0.1) is 11.8 Å². The van der Waals surface area contributed by atoms with Crippen LogP contribution in [-0.2, 0) is 27.9 Å². The molecule has 3 heterocycles. The van der Waals surface area contributed by atoms with Crippen molar-refractivity contribution in [2.24, 2.45) is 0 Å². The molecule has 2 fully saturated rings. The van der Waals surface area contributed by atoms with Crippen LogP contribution >= 0.6 is 0 Å². The Kier molecular flexibility index (Phi) is 21.8. The third-order valence-electron chi connectivity index (χ3n) is 14.0. The summed E-state index contributed by atoms with van der Waals surface area (Å²) in [6.07, 6.45) is 25.9. The van der Waals surface area contributed by atoms with Crippen molar-refractivity contribution in [3.8, 4) is 11.8 Å². The second kappa shape index (κ2) is 24.6. The molecule has 7 nitrogen and oxygen atoms in total. The maximum atomic E-state index is 12.3. The molecule has 0 unspecified atom stereocenters. The van der Waals surface area contributed by atoms with Gasteiger partial charge in [0.05, 0.1) is 30.5 Å². The van der Waals surface area contributed by atoms with Crippen molar-refractivity contribution in [1.82, 2.24) is 0 Å². The largest absolute Gasteiger partial charge is 0.455 e. The van der Waals surface area contributed by atoms with E-state index >= 15 is 0 Å². The molecule has 0 aromatic carbocycles. The van der Waals surface area contributed by atoms with Crippen molar-refractivity contribution in [2.45, 2.75) is 282 Å². The molecule has 0 saturated carbocycles. The van der Waals surface area contributed by atoms with Gasteiger partial charge in [0.1, 0.15) is 12.2 Å². The van der Waals surface area contributed by atoms with Crippen LogP contribution in [0.3, 0.4) is 0 Å². The van der Waals surface area contributed by atoms with Crippen molar-refractivity contribution in [2.75, 3.05) is 0 Å². The second-order valence-corrected chi connectivity index (χ2v) is 30.7. The molecular formula is C49H90O7Si2. The monoisotopic (exact) mass is 847 g/mol. The first-order chi connectivity index (χ1) is 27.2. The average molecular weight is 847 g/mol. The van der Waals surface area contributed by atoms with Crippen molar-refractivity contribution in [1.29, 1.82) is 0 Å². The molecule has 3 aliphatic heterocycles. The Hall–Kier alpha value is -0.996. The summed E-state index contributed by atoms with van der Waals surface area (Å²) in [5, 5.41) is 11.2. The lowest BCUT2D eigenvalue weighted by molar-refractivity contribution is -0.139. The van der Waals surface area contributed by atoms with E-state index in [2.05, 4.69) is 86.5 Å². The summed E-state index contributed by atoms with van der Waals surface area (Å²) in [7, 11) is -3.89. The molecule has 0 spiro atoms. The van der Waals surface area contributed by atoms with E-state index in [1.54, 1.807) is 0 Å². The Morgan fingerprint density at radius 3 is 1.78 bits per heavy atom. The first kappa shape index (κ1) is 51.4. The van der Waals surface area contributed by atoms with Gasteiger partial charge in [-0.15, -0.1) is 5.92 Å². The standard InChI is InChI=1S/C49H90O7Si2/c1-13-14-15-16-17-22-25-28-31-46(56-58(11,12)49(6,7)8)45-35-34-44(54-45)43-33-32-42(53-43)41(50)30-27-24-21-19-18-20-23-26-29-40(55-57(9,10)48(3,4)5)37-39-36-38(2)52-47(39)51/h36,38,40-46,50H,13-26,28-29,31-35,37H2,1-12H3/t38-,40+,41-,42+,43-,44-,45+,46-/m0/s1. The molecule has 58 heavy (non-hydrogen) atoms. The Balaban J connectivity index is 1.35. The van der Waals surface area contributed by atoms with Gasteiger partial charge in [0.2, 0.25) is 0 Å². The van der Waals surface area contributed by atoms with Gasteiger partial charge in [0.25, 0.3) is 0 Å². The van der Waals surface area contributed by atoms with E-state index < -0.39 is 22.7 Å². The number of aliphatic hydroxyl groups excluding tert-OH is 1. The highest BCUT2D eigenvalue weighted by Crippen LogP contribution is 2.42. The maximum absolute atomic E-state index is 12.3. The molecule has 0 aliphatic carbocycles. The Bertz CT molecular complexity index is 1290. The summed E-state index contributed by atoms with van der Waals surface area (Å²) in [4.78, 5) is 12.3. The lowest BCUT2D eigenvalue weighted by Crippen LogP contribution is -2.47. The molecule has 0 amide bonds. The predicted octanol–water partition coefficient (Wildman–Crippen LogP) is 13.1. The zero-order chi connectivity index (χ0) is 43.0. The number of esters is 1. The van der Waals surface area contributed by atoms with Crippen LogP contribution in [0.5, 0.6) is 0 Å². The van der Waals surface area contributed by atoms with E-state index in [1.165, 1.54) is 64.2 Å². The number of rotatable bonds is 26. The van der Waals surface area contributed by atoms with Gasteiger partial charge >= 0.3 is 5.97 Å². The van der Waals surface area contributed by atoms with Crippen molar-refractivity contribution in [3.05, 3.63) is 11.6 Å². The van der Waals surface area contributed by atoms with E-state index in [1.807, 2.05) is 13.0 Å². The first-order valence-electron chi connectivity index (χ1n) is 24.0. The Labute approximate surface area is 359 Å². The fourth-order valence-electron chi connectivity index (χ4n) is 8.17. The van der Waals surface area contributed by atoms with E-state index in [0.717, 1.165) is 76.2 Å². The van der Waals surface area contributed by atoms with Gasteiger partial charge in [-0.25, -0.2) is 4.79 Å². The summed E-state index contributed by atoms with van der Waals surface area (Å²) in [6.45, 7) is 27.3. The summed E-state index contributed by atoms with van der Waals surface area (Å²) >= 11 is 0. The fourth-order valence-corrected chi connectivity index (χ4v) is 10.9. The van der Waals surface area contributed by atoms with Gasteiger partial charge in [-0.2, -0.15) is 0 Å². The highest BCUT2D eigenvalue weighted by molar-refractivity contribution is 6.74. The van der Waals surface area contributed by atoms with Crippen molar-refractivity contribution in [3.63, 3.8) is 0 Å². The smallest absolute Gasteiger partial charge is 0.334 e. The average Bonchev–Trinajstić information content (AvgIpc) is 3.89. The van der Waals surface area contributed by atoms with Gasteiger partial charge < -0.3 is 28.2 Å². The minimum Gasteiger partial charge on any atom is -0.455 e. The highest BCUT2D eigenvalue weighted by atomic mass is 28.4. The van der Waals surface area contributed by atoms with Crippen LogP contribution in [0.15, 0.2) is 11.6 Å². The van der Waals surface area contributed by atoms with E-state index in [0.29, 0.717) is 6.42 Å². The summed E-state index contributed by atoms with van der Waals surface area (Å²) in [6, 6.07) is 0. The number of carbonyl (C=O) groups excluding carboxylic acids is 1. The highest BCUT2D eigenvalue weighted by Gasteiger charge is 2.45. The van der Waals surface area contributed by atoms with Gasteiger partial charge in [-0.3, -0.25) is 0 Å².